The number of urea groups is 1. The molecule has 4 N–H and O–H groups in total. The molecule has 0 unspecified atom stereocenters. The van der Waals surface area contributed by atoms with Crippen molar-refractivity contribution in [1.82, 2.24) is 10.9 Å². The molecule has 0 aliphatic rings. The van der Waals surface area contributed by atoms with Gasteiger partial charge in [-0.1, -0.05) is 0 Å². The van der Waals surface area contributed by atoms with E-state index in [0.717, 1.165) is 12.1 Å². The summed E-state index contributed by atoms with van der Waals surface area (Å²) in [6.45, 7) is 0. The van der Waals surface area contributed by atoms with Crippen molar-refractivity contribution in [3.05, 3.63) is 35.4 Å². The molecule has 7 heteroatoms. The first kappa shape index (κ1) is 10.9. The maximum atomic E-state index is 12.7. The number of nitrogens with one attached hydrogen (secondary N) is 2. The molecular weight excluding hydrogens is 208 g/mol. The number of nitrogens with two attached hydrogens (primary N) is 1. The molecule has 1 rings (SSSR count). The Morgan fingerprint density at radius 1 is 1.13 bits per heavy atom. The molecular formula is C8H7F2N3O2. The van der Waals surface area contributed by atoms with Gasteiger partial charge in [-0.3, -0.25) is 10.2 Å². The number of primary amides is 1. The molecule has 0 aromatic heterocycles. The van der Waals surface area contributed by atoms with E-state index in [0.29, 0.717) is 6.07 Å². The molecule has 0 saturated carbocycles. The third-order valence-electron chi connectivity index (χ3n) is 1.48. The first-order valence-electron chi connectivity index (χ1n) is 3.81. The largest absolute Gasteiger partial charge is 0.350 e. The van der Waals surface area contributed by atoms with Crippen molar-refractivity contribution in [3.63, 3.8) is 0 Å². The second-order valence-corrected chi connectivity index (χ2v) is 2.57. The van der Waals surface area contributed by atoms with Crippen molar-refractivity contribution in [1.29, 1.82) is 0 Å². The van der Waals surface area contributed by atoms with E-state index in [1.165, 1.54) is 0 Å². The highest BCUT2D eigenvalue weighted by atomic mass is 19.2. The lowest BCUT2D eigenvalue weighted by Gasteiger charge is -2.04. The fraction of sp³-hybridized carbons (Fsp3) is 0. The lowest BCUT2D eigenvalue weighted by atomic mass is 10.2. The number of rotatable bonds is 1. The topological polar surface area (TPSA) is 84.2 Å². The molecule has 3 amide bonds. The molecule has 15 heavy (non-hydrogen) atoms. The summed E-state index contributed by atoms with van der Waals surface area (Å²) in [6.07, 6.45) is 0. The summed E-state index contributed by atoms with van der Waals surface area (Å²) >= 11 is 0. The SMILES string of the molecule is NC(=O)NNC(=O)c1ccc(F)c(F)c1. The smallest absolute Gasteiger partial charge is 0.330 e. The lowest BCUT2D eigenvalue weighted by molar-refractivity contribution is 0.0937. The van der Waals surface area contributed by atoms with E-state index in [1.807, 2.05) is 5.43 Å². The Morgan fingerprint density at radius 3 is 2.33 bits per heavy atom. The number of halogens is 2. The predicted molar refractivity (Wildman–Crippen MR) is 46.5 cm³/mol. The number of hydrogen-bond donors (Lipinski definition) is 3. The second kappa shape index (κ2) is 4.36. The van der Waals surface area contributed by atoms with Gasteiger partial charge in [0, 0.05) is 5.56 Å². The average molecular weight is 215 g/mol. The molecule has 5 nitrogen and oxygen atoms in total. The Hall–Kier alpha value is -2.18. The maximum Gasteiger partial charge on any atom is 0.330 e. The first-order chi connectivity index (χ1) is 7.00. The summed E-state index contributed by atoms with van der Waals surface area (Å²) in [5.41, 5.74) is 8.23. The minimum Gasteiger partial charge on any atom is -0.350 e. The summed E-state index contributed by atoms with van der Waals surface area (Å²) in [5, 5.41) is 0. The Bertz CT molecular complexity index is 409. The number of amides is 3. The number of carbonyl (C=O) groups is 2. The van der Waals surface area contributed by atoms with Gasteiger partial charge >= 0.3 is 6.03 Å². The van der Waals surface area contributed by atoms with Crippen LogP contribution >= 0.6 is 0 Å². The Kier molecular flexibility index (Phi) is 3.17. The van der Waals surface area contributed by atoms with Crippen LogP contribution in [0.3, 0.4) is 0 Å². The monoisotopic (exact) mass is 215 g/mol. The van der Waals surface area contributed by atoms with Crippen LogP contribution in [0.15, 0.2) is 18.2 Å². The highest BCUT2D eigenvalue weighted by Crippen LogP contribution is 2.07. The Balaban J connectivity index is 2.74. The number of carbonyl (C=O) groups excluding carboxylic acids is 2. The van der Waals surface area contributed by atoms with Crippen molar-refractivity contribution in [2.45, 2.75) is 0 Å². The Morgan fingerprint density at radius 2 is 1.80 bits per heavy atom. The van der Waals surface area contributed by atoms with Gasteiger partial charge < -0.3 is 5.73 Å². The van der Waals surface area contributed by atoms with Gasteiger partial charge in [0.2, 0.25) is 0 Å². The summed E-state index contributed by atoms with van der Waals surface area (Å²) < 4.78 is 25.2. The zero-order valence-electron chi connectivity index (χ0n) is 7.38. The molecule has 0 spiro atoms. The van der Waals surface area contributed by atoms with Gasteiger partial charge in [0.15, 0.2) is 11.6 Å². The predicted octanol–water partition coefficient (Wildman–Crippen LogP) is 0.278. The zero-order valence-corrected chi connectivity index (χ0v) is 7.38. The van der Waals surface area contributed by atoms with Crippen LogP contribution in [-0.4, -0.2) is 11.9 Å². The molecule has 0 fully saturated rings. The van der Waals surface area contributed by atoms with E-state index >= 15 is 0 Å². The lowest BCUT2D eigenvalue weighted by Crippen LogP contribution is -2.44. The van der Waals surface area contributed by atoms with Crippen LogP contribution in [-0.2, 0) is 0 Å². The summed E-state index contributed by atoms with van der Waals surface area (Å²) in [5.74, 6) is -3.01. The van der Waals surface area contributed by atoms with Gasteiger partial charge in [0.05, 0.1) is 0 Å². The average Bonchev–Trinajstić information content (AvgIpc) is 2.18. The quantitative estimate of drug-likeness (QED) is 0.588. The van der Waals surface area contributed by atoms with E-state index in [1.54, 1.807) is 5.43 Å². The fourth-order valence-electron chi connectivity index (χ4n) is 0.828. The number of hydrazine groups is 1. The van der Waals surface area contributed by atoms with Gasteiger partial charge in [0.25, 0.3) is 5.91 Å². The fourth-order valence-corrected chi connectivity index (χ4v) is 0.828. The summed E-state index contributed by atoms with van der Waals surface area (Å²) in [7, 11) is 0. The molecule has 80 valence electrons. The molecule has 0 bridgehead atoms. The van der Waals surface area contributed by atoms with Crippen molar-refractivity contribution >= 4 is 11.9 Å². The van der Waals surface area contributed by atoms with Crippen molar-refractivity contribution in [3.8, 4) is 0 Å². The van der Waals surface area contributed by atoms with Gasteiger partial charge in [-0.2, -0.15) is 0 Å². The highest BCUT2D eigenvalue weighted by molar-refractivity contribution is 5.95. The highest BCUT2D eigenvalue weighted by Gasteiger charge is 2.09. The molecule has 0 aliphatic carbocycles. The molecule has 0 heterocycles. The van der Waals surface area contributed by atoms with Gasteiger partial charge in [-0.15, -0.1) is 0 Å². The number of benzene rings is 1. The second-order valence-electron chi connectivity index (χ2n) is 2.57. The van der Waals surface area contributed by atoms with E-state index in [9.17, 15) is 18.4 Å². The zero-order chi connectivity index (χ0) is 11.4. The first-order valence-corrected chi connectivity index (χ1v) is 3.81. The van der Waals surface area contributed by atoms with E-state index < -0.39 is 23.6 Å². The van der Waals surface area contributed by atoms with Gasteiger partial charge in [0.1, 0.15) is 0 Å². The van der Waals surface area contributed by atoms with Crippen molar-refractivity contribution in [2.75, 3.05) is 0 Å². The van der Waals surface area contributed by atoms with E-state index in [2.05, 4.69) is 5.73 Å². The summed E-state index contributed by atoms with van der Waals surface area (Å²) in [4.78, 5) is 21.4. The molecule has 0 saturated heterocycles. The van der Waals surface area contributed by atoms with Crippen LogP contribution in [0.25, 0.3) is 0 Å². The number of hydrogen-bond acceptors (Lipinski definition) is 2. The summed E-state index contributed by atoms with van der Waals surface area (Å²) in [6, 6.07) is 1.60. The van der Waals surface area contributed by atoms with Crippen molar-refractivity contribution in [2.24, 2.45) is 5.73 Å². The van der Waals surface area contributed by atoms with Crippen LogP contribution < -0.4 is 16.6 Å². The minimum atomic E-state index is -1.15. The third-order valence-corrected chi connectivity index (χ3v) is 1.48. The van der Waals surface area contributed by atoms with E-state index in [4.69, 9.17) is 0 Å². The molecule has 0 radical (unpaired) electrons. The molecule has 1 aromatic carbocycles. The van der Waals surface area contributed by atoms with Crippen LogP contribution in [0, 0.1) is 11.6 Å². The van der Waals surface area contributed by atoms with E-state index in [-0.39, 0.29) is 5.56 Å². The van der Waals surface area contributed by atoms with Gasteiger partial charge in [-0.05, 0) is 18.2 Å². The minimum absolute atomic E-state index is 0.136. The molecule has 0 atom stereocenters. The molecule has 0 aliphatic heterocycles. The van der Waals surface area contributed by atoms with Crippen LogP contribution in [0.4, 0.5) is 13.6 Å². The van der Waals surface area contributed by atoms with Crippen LogP contribution in [0.5, 0.6) is 0 Å². The molecule has 1 aromatic rings. The normalized spacial score (nSPS) is 9.47. The standard InChI is InChI=1S/C8H7F2N3O2/c9-5-2-1-4(3-6(5)10)7(14)12-13-8(11)15/h1-3H,(H,12,14)(H3,11,13,15). The Labute approximate surface area is 83.2 Å². The van der Waals surface area contributed by atoms with Crippen LogP contribution in [0.1, 0.15) is 10.4 Å². The van der Waals surface area contributed by atoms with Gasteiger partial charge in [-0.25, -0.2) is 19.0 Å². The van der Waals surface area contributed by atoms with Crippen molar-refractivity contribution < 1.29 is 18.4 Å². The maximum absolute atomic E-state index is 12.7. The third kappa shape index (κ3) is 2.90. The van der Waals surface area contributed by atoms with Crippen LogP contribution in [0.2, 0.25) is 0 Å².